The molecule has 1 aromatic rings. The average molecular weight is 207 g/mol. The van der Waals surface area contributed by atoms with E-state index in [1.165, 1.54) is 32.4 Å². The molecule has 82 valence electrons. The van der Waals surface area contributed by atoms with Crippen molar-refractivity contribution in [3.8, 4) is 11.5 Å². The van der Waals surface area contributed by atoms with Crippen molar-refractivity contribution >= 4 is 0 Å². The van der Waals surface area contributed by atoms with E-state index in [-0.39, 0.29) is 0 Å². The molecule has 2 aliphatic rings. The monoisotopic (exact) mass is 207 g/mol. The van der Waals surface area contributed by atoms with Crippen LogP contribution in [-0.4, -0.2) is 19.9 Å². The van der Waals surface area contributed by atoms with Gasteiger partial charge in [0.25, 0.3) is 0 Å². The van der Waals surface area contributed by atoms with Crippen LogP contribution < -0.4 is 14.8 Å². The summed E-state index contributed by atoms with van der Waals surface area (Å²) in [4.78, 5) is 0. The summed E-state index contributed by atoms with van der Waals surface area (Å²) >= 11 is 0. The van der Waals surface area contributed by atoms with Crippen LogP contribution in [0.2, 0.25) is 0 Å². The van der Waals surface area contributed by atoms with Crippen molar-refractivity contribution in [1.29, 1.82) is 0 Å². The van der Waals surface area contributed by atoms with Gasteiger partial charge in [0.15, 0.2) is 11.5 Å². The summed E-state index contributed by atoms with van der Waals surface area (Å²) in [6, 6.07) is 7.63. The molecule has 2 heterocycles. The van der Waals surface area contributed by atoms with Gasteiger partial charge in [-0.3, -0.25) is 0 Å². The second-order valence-electron chi connectivity index (χ2n) is 3.66. The summed E-state index contributed by atoms with van der Waals surface area (Å²) in [5, 5.41) is 3.28. The maximum Gasteiger partial charge on any atom is 0.231 e. The number of piperidine rings is 1. The summed E-state index contributed by atoms with van der Waals surface area (Å²) in [5.41, 5.74) is 0. The van der Waals surface area contributed by atoms with Crippen LogP contribution in [0.15, 0.2) is 24.3 Å². The summed E-state index contributed by atoms with van der Waals surface area (Å²) in [6.07, 6.45) is 4.22. The first-order chi connectivity index (χ1) is 7.47. The van der Waals surface area contributed by atoms with Crippen molar-refractivity contribution < 1.29 is 9.47 Å². The SMILES string of the molecule is C1CCNCC1.c1ccc2c(c1)OCO2. The number of hydrogen-bond acceptors (Lipinski definition) is 3. The van der Waals surface area contributed by atoms with Gasteiger partial charge in [-0.15, -0.1) is 0 Å². The van der Waals surface area contributed by atoms with Crippen LogP contribution in [0.3, 0.4) is 0 Å². The first-order valence-corrected chi connectivity index (χ1v) is 5.52. The average Bonchev–Trinajstić information content (AvgIpc) is 2.80. The number of ether oxygens (including phenoxy) is 2. The van der Waals surface area contributed by atoms with Crippen molar-refractivity contribution in [2.24, 2.45) is 0 Å². The number of hydrogen-bond donors (Lipinski definition) is 1. The van der Waals surface area contributed by atoms with E-state index in [9.17, 15) is 0 Å². The Kier molecular flexibility index (Phi) is 3.85. The van der Waals surface area contributed by atoms with Crippen LogP contribution in [0.4, 0.5) is 0 Å². The van der Waals surface area contributed by atoms with Crippen molar-refractivity contribution in [2.75, 3.05) is 19.9 Å². The Morgan fingerprint density at radius 2 is 1.47 bits per heavy atom. The minimum atomic E-state index is 0.360. The number of fused-ring (bicyclic) bond motifs is 1. The molecule has 3 rings (SSSR count). The van der Waals surface area contributed by atoms with E-state index in [0.29, 0.717) is 6.79 Å². The molecule has 0 bridgehead atoms. The van der Waals surface area contributed by atoms with E-state index >= 15 is 0 Å². The van der Waals surface area contributed by atoms with Crippen LogP contribution in [0.1, 0.15) is 19.3 Å². The highest BCUT2D eigenvalue weighted by Crippen LogP contribution is 2.30. The maximum atomic E-state index is 5.08. The minimum Gasteiger partial charge on any atom is -0.454 e. The lowest BCUT2D eigenvalue weighted by Gasteiger charge is -2.08. The molecule has 0 amide bonds. The van der Waals surface area contributed by atoms with E-state index in [1.807, 2.05) is 24.3 Å². The molecule has 3 nitrogen and oxygen atoms in total. The van der Waals surface area contributed by atoms with Gasteiger partial charge in [0.05, 0.1) is 0 Å². The van der Waals surface area contributed by atoms with Crippen LogP contribution in [0, 0.1) is 0 Å². The quantitative estimate of drug-likeness (QED) is 0.707. The molecule has 0 aromatic heterocycles. The third-order valence-electron chi connectivity index (χ3n) is 2.49. The van der Waals surface area contributed by atoms with Gasteiger partial charge in [-0.1, -0.05) is 18.6 Å². The van der Waals surface area contributed by atoms with Crippen LogP contribution in [0.5, 0.6) is 11.5 Å². The van der Waals surface area contributed by atoms with Gasteiger partial charge in [-0.05, 0) is 38.1 Å². The molecular formula is C12H17NO2. The highest BCUT2D eigenvalue weighted by molar-refractivity contribution is 5.40. The van der Waals surface area contributed by atoms with E-state index in [2.05, 4.69) is 5.32 Å². The highest BCUT2D eigenvalue weighted by Gasteiger charge is 2.09. The van der Waals surface area contributed by atoms with E-state index < -0.39 is 0 Å². The maximum absolute atomic E-state index is 5.08. The van der Waals surface area contributed by atoms with Crippen LogP contribution >= 0.6 is 0 Å². The van der Waals surface area contributed by atoms with Gasteiger partial charge in [0, 0.05) is 0 Å². The molecule has 0 radical (unpaired) electrons. The fourth-order valence-electron chi connectivity index (χ4n) is 1.65. The van der Waals surface area contributed by atoms with Crippen LogP contribution in [0.25, 0.3) is 0 Å². The van der Waals surface area contributed by atoms with E-state index in [4.69, 9.17) is 9.47 Å². The summed E-state index contributed by atoms with van der Waals surface area (Å²) in [7, 11) is 0. The Morgan fingerprint density at radius 3 is 1.87 bits per heavy atom. The smallest absolute Gasteiger partial charge is 0.231 e. The molecular weight excluding hydrogens is 190 g/mol. The fraction of sp³-hybridized carbons (Fsp3) is 0.500. The molecule has 0 spiro atoms. The molecule has 15 heavy (non-hydrogen) atoms. The molecule has 2 aliphatic heterocycles. The second-order valence-corrected chi connectivity index (χ2v) is 3.66. The van der Waals surface area contributed by atoms with E-state index in [0.717, 1.165) is 11.5 Å². The van der Waals surface area contributed by atoms with Crippen molar-refractivity contribution in [2.45, 2.75) is 19.3 Å². The van der Waals surface area contributed by atoms with Gasteiger partial charge in [-0.2, -0.15) is 0 Å². The largest absolute Gasteiger partial charge is 0.454 e. The summed E-state index contributed by atoms with van der Waals surface area (Å²) < 4.78 is 10.2. The zero-order valence-corrected chi connectivity index (χ0v) is 8.87. The third kappa shape index (κ3) is 3.13. The summed E-state index contributed by atoms with van der Waals surface area (Å²) in [6.45, 7) is 2.86. The zero-order chi connectivity index (χ0) is 10.3. The van der Waals surface area contributed by atoms with Crippen molar-refractivity contribution in [3.63, 3.8) is 0 Å². The lowest BCUT2D eigenvalue weighted by Crippen LogP contribution is -2.21. The minimum absolute atomic E-state index is 0.360. The van der Waals surface area contributed by atoms with Crippen molar-refractivity contribution in [3.05, 3.63) is 24.3 Å². The standard InChI is InChI=1S/C7H6O2.C5H11N/c1-2-4-7-6(3-1)8-5-9-7;1-2-4-6-5-3-1/h1-4H,5H2;6H,1-5H2. The number of benzene rings is 1. The number of para-hydroxylation sites is 2. The van der Waals surface area contributed by atoms with Gasteiger partial charge < -0.3 is 14.8 Å². The molecule has 0 aliphatic carbocycles. The molecule has 0 atom stereocenters. The predicted octanol–water partition coefficient (Wildman–Crippen LogP) is 2.18. The number of nitrogens with one attached hydrogen (secondary N) is 1. The molecule has 0 unspecified atom stereocenters. The Hall–Kier alpha value is -1.22. The Balaban J connectivity index is 0.000000124. The van der Waals surface area contributed by atoms with Gasteiger partial charge in [-0.25, -0.2) is 0 Å². The molecule has 1 N–H and O–H groups in total. The summed E-state index contributed by atoms with van der Waals surface area (Å²) in [5.74, 6) is 1.69. The van der Waals surface area contributed by atoms with E-state index in [1.54, 1.807) is 0 Å². The highest BCUT2D eigenvalue weighted by atomic mass is 16.7. The second kappa shape index (κ2) is 5.61. The predicted molar refractivity (Wildman–Crippen MR) is 59.3 cm³/mol. The molecule has 1 fully saturated rings. The molecule has 1 saturated heterocycles. The molecule has 3 heteroatoms. The zero-order valence-electron chi connectivity index (χ0n) is 8.87. The first-order valence-electron chi connectivity index (χ1n) is 5.52. The van der Waals surface area contributed by atoms with Gasteiger partial charge >= 0.3 is 0 Å². The van der Waals surface area contributed by atoms with Crippen molar-refractivity contribution in [1.82, 2.24) is 5.32 Å². The molecule has 1 aromatic carbocycles. The third-order valence-corrected chi connectivity index (χ3v) is 2.49. The van der Waals surface area contributed by atoms with Gasteiger partial charge in [0.1, 0.15) is 0 Å². The van der Waals surface area contributed by atoms with Crippen LogP contribution in [-0.2, 0) is 0 Å². The fourth-order valence-corrected chi connectivity index (χ4v) is 1.65. The lowest BCUT2D eigenvalue weighted by molar-refractivity contribution is 0.174. The topological polar surface area (TPSA) is 30.5 Å². The molecule has 0 saturated carbocycles. The first kappa shape index (κ1) is 10.3. The normalized spacial score (nSPS) is 17.9. The Labute approximate surface area is 90.4 Å². The Bertz CT molecular complexity index is 263. The van der Waals surface area contributed by atoms with Gasteiger partial charge in [0.2, 0.25) is 6.79 Å². The Morgan fingerprint density at radius 1 is 0.867 bits per heavy atom. The number of rotatable bonds is 0. The lowest BCUT2D eigenvalue weighted by atomic mass is 10.2.